The highest BCUT2D eigenvalue weighted by molar-refractivity contribution is 7.99. The van der Waals surface area contributed by atoms with Gasteiger partial charge >= 0.3 is 12.0 Å². The van der Waals surface area contributed by atoms with Crippen LogP contribution in [0.2, 0.25) is 0 Å². The van der Waals surface area contributed by atoms with Crippen LogP contribution in [-0.2, 0) is 11.2 Å². The van der Waals surface area contributed by atoms with E-state index >= 15 is 0 Å². The van der Waals surface area contributed by atoms with E-state index in [1.807, 2.05) is 43.3 Å². The van der Waals surface area contributed by atoms with Gasteiger partial charge in [-0.1, -0.05) is 55.4 Å². The van der Waals surface area contributed by atoms with Gasteiger partial charge in [0.25, 0.3) is 5.69 Å². The molecule has 0 aliphatic heterocycles. The average Bonchev–Trinajstić information content (AvgIpc) is 2.81. The van der Waals surface area contributed by atoms with E-state index in [2.05, 4.69) is 5.32 Å². The zero-order valence-corrected chi connectivity index (χ0v) is 19.5. The van der Waals surface area contributed by atoms with Crippen LogP contribution in [0.15, 0.2) is 82.6 Å². The van der Waals surface area contributed by atoms with Gasteiger partial charge in [0.15, 0.2) is 0 Å². The van der Waals surface area contributed by atoms with Gasteiger partial charge in [-0.3, -0.25) is 19.8 Å². The lowest BCUT2D eigenvalue weighted by Gasteiger charge is -2.23. The number of anilines is 2. The molecular weight excluding hydrogens is 454 g/mol. The summed E-state index contributed by atoms with van der Waals surface area (Å²) in [5.41, 5.74) is 1.38. The van der Waals surface area contributed by atoms with E-state index in [0.717, 1.165) is 28.2 Å². The number of amides is 2. The third-order valence-electron chi connectivity index (χ3n) is 4.97. The second kappa shape index (κ2) is 11.9. The van der Waals surface area contributed by atoms with Crippen LogP contribution in [0.4, 0.5) is 21.9 Å². The van der Waals surface area contributed by atoms with Crippen molar-refractivity contribution in [2.24, 2.45) is 0 Å². The lowest BCUT2D eigenvalue weighted by molar-refractivity contribution is -0.383. The number of aliphatic carboxylic acids is 1. The molecule has 0 atom stereocenters. The van der Waals surface area contributed by atoms with Crippen molar-refractivity contribution in [3.05, 3.63) is 88.5 Å². The quantitative estimate of drug-likeness (QED) is 0.264. The number of nitrogens with one attached hydrogen (secondary N) is 1. The normalized spacial score (nSPS) is 10.5. The Kier molecular flexibility index (Phi) is 8.64. The fourth-order valence-corrected chi connectivity index (χ4v) is 4.16. The van der Waals surface area contributed by atoms with Crippen molar-refractivity contribution in [1.82, 2.24) is 0 Å². The first-order chi connectivity index (χ1) is 16.4. The minimum absolute atomic E-state index is 0.0263. The number of rotatable bonds is 10. The number of unbranched alkanes of at least 4 members (excludes halogenated alkanes) is 1. The molecule has 0 unspecified atom stereocenters. The summed E-state index contributed by atoms with van der Waals surface area (Å²) >= 11 is 1.50. The Morgan fingerprint density at radius 1 is 1.03 bits per heavy atom. The molecule has 176 valence electrons. The molecule has 2 N–H and O–H groups in total. The number of hydrogen-bond acceptors (Lipinski definition) is 5. The largest absolute Gasteiger partial charge is 0.481 e. The van der Waals surface area contributed by atoms with Crippen LogP contribution in [0.3, 0.4) is 0 Å². The molecule has 9 heteroatoms. The number of benzene rings is 3. The maximum atomic E-state index is 13.1. The van der Waals surface area contributed by atoms with E-state index < -0.39 is 16.9 Å². The van der Waals surface area contributed by atoms with Gasteiger partial charge in [0, 0.05) is 28.1 Å². The summed E-state index contributed by atoms with van der Waals surface area (Å²) in [7, 11) is 0. The van der Waals surface area contributed by atoms with Gasteiger partial charge in [-0.15, -0.1) is 0 Å². The van der Waals surface area contributed by atoms with Gasteiger partial charge in [0.1, 0.15) is 5.69 Å². The average molecular weight is 480 g/mol. The summed E-state index contributed by atoms with van der Waals surface area (Å²) in [5, 5.41) is 22.9. The number of nitrogens with zero attached hydrogens (tertiary/aromatic N) is 2. The number of urea groups is 1. The maximum Gasteiger partial charge on any atom is 0.326 e. The van der Waals surface area contributed by atoms with Crippen LogP contribution in [-0.4, -0.2) is 28.6 Å². The van der Waals surface area contributed by atoms with Gasteiger partial charge in [-0.25, -0.2) is 4.79 Å². The van der Waals surface area contributed by atoms with E-state index in [0.29, 0.717) is 12.2 Å². The van der Waals surface area contributed by atoms with Crippen LogP contribution in [0.1, 0.15) is 25.3 Å². The van der Waals surface area contributed by atoms with E-state index in [1.165, 1.54) is 23.9 Å². The Balaban J connectivity index is 1.80. The highest BCUT2D eigenvalue weighted by atomic mass is 32.2. The summed E-state index contributed by atoms with van der Waals surface area (Å²) in [4.78, 5) is 38.2. The number of carboxylic acid groups (broad SMARTS) is 1. The Labute approximate surface area is 201 Å². The SMILES string of the molecule is CCCCN(C(=O)Nc1ccccc1[N+](=O)[O-])c1cccc(Sc2ccc(CC(=O)O)cc2)c1. The highest BCUT2D eigenvalue weighted by Crippen LogP contribution is 2.31. The molecule has 0 saturated heterocycles. The number of carboxylic acids is 1. The molecule has 3 rings (SSSR count). The van der Waals surface area contributed by atoms with Crippen LogP contribution < -0.4 is 10.2 Å². The zero-order valence-electron chi connectivity index (χ0n) is 18.6. The zero-order chi connectivity index (χ0) is 24.5. The second-order valence-electron chi connectivity index (χ2n) is 7.52. The molecule has 0 fully saturated rings. The number of carbonyl (C=O) groups is 2. The topological polar surface area (TPSA) is 113 Å². The van der Waals surface area contributed by atoms with Crippen molar-refractivity contribution in [3.8, 4) is 0 Å². The van der Waals surface area contributed by atoms with E-state index in [4.69, 9.17) is 5.11 Å². The molecule has 2 amide bonds. The molecule has 0 aliphatic rings. The van der Waals surface area contributed by atoms with Crippen LogP contribution in [0, 0.1) is 10.1 Å². The lowest BCUT2D eigenvalue weighted by Crippen LogP contribution is -2.36. The minimum atomic E-state index is -0.876. The van der Waals surface area contributed by atoms with Crippen molar-refractivity contribution in [2.45, 2.75) is 36.0 Å². The molecule has 3 aromatic carbocycles. The molecule has 34 heavy (non-hydrogen) atoms. The van der Waals surface area contributed by atoms with E-state index in [9.17, 15) is 19.7 Å². The van der Waals surface area contributed by atoms with Crippen molar-refractivity contribution < 1.29 is 19.6 Å². The molecule has 0 aliphatic carbocycles. The standard InChI is InChI=1S/C25H25N3O5S/c1-2-3-15-27(25(31)26-22-9-4-5-10-23(22)28(32)33)19-7-6-8-21(17-19)34-20-13-11-18(12-14-20)16-24(29)30/h4-14,17H,2-3,15-16H2,1H3,(H,26,31)(H,29,30). The van der Waals surface area contributed by atoms with E-state index in [-0.39, 0.29) is 17.8 Å². The number of para-hydroxylation sites is 2. The smallest absolute Gasteiger partial charge is 0.326 e. The van der Waals surface area contributed by atoms with Gasteiger partial charge in [-0.2, -0.15) is 0 Å². The first-order valence-electron chi connectivity index (χ1n) is 10.8. The Morgan fingerprint density at radius 3 is 2.44 bits per heavy atom. The molecule has 8 nitrogen and oxygen atoms in total. The second-order valence-corrected chi connectivity index (χ2v) is 8.67. The lowest BCUT2D eigenvalue weighted by atomic mass is 10.2. The predicted molar refractivity (Wildman–Crippen MR) is 133 cm³/mol. The monoisotopic (exact) mass is 479 g/mol. The third-order valence-corrected chi connectivity index (χ3v) is 5.96. The fourth-order valence-electron chi connectivity index (χ4n) is 3.29. The van der Waals surface area contributed by atoms with Crippen LogP contribution >= 0.6 is 11.8 Å². The van der Waals surface area contributed by atoms with Gasteiger partial charge in [0.2, 0.25) is 0 Å². The van der Waals surface area contributed by atoms with Crippen LogP contribution in [0.5, 0.6) is 0 Å². The predicted octanol–water partition coefficient (Wildman–Crippen LogP) is 6.21. The van der Waals surface area contributed by atoms with Gasteiger partial charge in [-0.05, 0) is 48.4 Å². The molecule has 0 saturated carbocycles. The summed E-state index contributed by atoms with van der Waals surface area (Å²) < 4.78 is 0. The Morgan fingerprint density at radius 2 is 1.76 bits per heavy atom. The summed E-state index contributed by atoms with van der Waals surface area (Å²) in [6, 6.07) is 20.4. The third kappa shape index (κ3) is 6.82. The summed E-state index contributed by atoms with van der Waals surface area (Å²) in [5.74, 6) is -0.876. The Hall–Kier alpha value is -3.85. The van der Waals surface area contributed by atoms with Crippen molar-refractivity contribution in [1.29, 1.82) is 0 Å². The number of nitro groups is 1. The maximum absolute atomic E-state index is 13.1. The first-order valence-corrected chi connectivity index (χ1v) is 11.6. The molecule has 0 aromatic heterocycles. The number of carbonyl (C=O) groups excluding carboxylic acids is 1. The summed E-state index contributed by atoms with van der Waals surface area (Å²) in [6.07, 6.45) is 1.63. The molecule has 0 heterocycles. The van der Waals surface area contributed by atoms with Crippen molar-refractivity contribution in [2.75, 3.05) is 16.8 Å². The molecular formula is C25H25N3O5S. The van der Waals surface area contributed by atoms with Crippen LogP contribution in [0.25, 0.3) is 0 Å². The molecule has 0 radical (unpaired) electrons. The minimum Gasteiger partial charge on any atom is -0.481 e. The first kappa shape index (κ1) is 24.8. The fraction of sp³-hybridized carbons (Fsp3) is 0.200. The molecule has 0 bridgehead atoms. The molecule has 0 spiro atoms. The Bertz CT molecular complexity index is 1170. The highest BCUT2D eigenvalue weighted by Gasteiger charge is 2.20. The number of nitro benzene ring substituents is 1. The summed E-state index contributed by atoms with van der Waals surface area (Å²) in [6.45, 7) is 2.49. The van der Waals surface area contributed by atoms with E-state index in [1.54, 1.807) is 29.2 Å². The van der Waals surface area contributed by atoms with Gasteiger partial charge in [0.05, 0.1) is 11.3 Å². The molecule has 3 aromatic rings. The number of hydrogen-bond donors (Lipinski definition) is 2. The van der Waals surface area contributed by atoms with Crippen molar-refractivity contribution >= 4 is 40.8 Å². The van der Waals surface area contributed by atoms with Crippen molar-refractivity contribution in [3.63, 3.8) is 0 Å². The van der Waals surface area contributed by atoms with Gasteiger partial charge < -0.3 is 10.4 Å².